The van der Waals surface area contributed by atoms with E-state index in [0.29, 0.717) is 46.7 Å². The van der Waals surface area contributed by atoms with Gasteiger partial charge in [-0.1, -0.05) is 12.1 Å². The molecule has 0 aliphatic heterocycles. The Labute approximate surface area is 229 Å². The highest BCUT2D eigenvalue weighted by atomic mass is 32.2. The van der Waals surface area contributed by atoms with Gasteiger partial charge in [0.2, 0.25) is 11.5 Å². The Hall–Kier alpha value is -4.65. The van der Waals surface area contributed by atoms with Crippen LogP contribution in [0.15, 0.2) is 60.8 Å². The zero-order valence-electron chi connectivity index (χ0n) is 21.9. The summed E-state index contributed by atoms with van der Waals surface area (Å²) in [4.78, 5) is 13.1. The standard InChI is InChI=1S/C27H25FN6O5S/c1-4-39-24-10-5-7-20(30-24)27-31-26-21(34(27)25-22(37-2)8-6-9-23(25)38-3)13-19(32-33-26)16-40(35,36)15-18-12-11-17(28)14-29-18/h5-14H,4,15-16H2,1-3H3. The number of fused-ring (bicyclic) bond motifs is 1. The van der Waals surface area contributed by atoms with Crippen molar-refractivity contribution in [3.63, 3.8) is 0 Å². The Morgan fingerprint density at radius 2 is 1.62 bits per heavy atom. The van der Waals surface area contributed by atoms with Crippen molar-refractivity contribution in [3.05, 3.63) is 78.0 Å². The SMILES string of the molecule is CCOc1cccc(-c2nc3nnc(CS(=O)(=O)Cc4ccc(F)cn4)cc3n2-c2c(OC)cccc2OC)n1. The largest absolute Gasteiger partial charge is 0.494 e. The molecule has 4 heterocycles. The van der Waals surface area contributed by atoms with E-state index in [9.17, 15) is 12.8 Å². The number of methoxy groups -OCH3 is 2. The van der Waals surface area contributed by atoms with Gasteiger partial charge in [0.15, 0.2) is 15.7 Å². The molecular formula is C27H25FN6O5S. The number of benzene rings is 1. The van der Waals surface area contributed by atoms with E-state index < -0.39 is 21.4 Å². The lowest BCUT2D eigenvalue weighted by atomic mass is 10.2. The second-order valence-electron chi connectivity index (χ2n) is 8.62. The molecule has 206 valence electrons. The minimum atomic E-state index is -3.72. The third-order valence-electron chi connectivity index (χ3n) is 5.86. The summed E-state index contributed by atoms with van der Waals surface area (Å²) in [5.74, 6) is 0.419. The Morgan fingerprint density at radius 1 is 0.900 bits per heavy atom. The molecular weight excluding hydrogens is 539 g/mol. The first kappa shape index (κ1) is 26.9. The number of rotatable bonds is 10. The van der Waals surface area contributed by atoms with Crippen molar-refractivity contribution in [2.24, 2.45) is 0 Å². The number of halogens is 1. The second-order valence-corrected chi connectivity index (χ2v) is 10.7. The summed E-state index contributed by atoms with van der Waals surface area (Å²) in [6, 6.07) is 14.7. The van der Waals surface area contributed by atoms with Crippen molar-refractivity contribution in [3.8, 4) is 34.6 Å². The average Bonchev–Trinajstić information content (AvgIpc) is 3.32. The summed E-state index contributed by atoms with van der Waals surface area (Å²) in [5.41, 5.74) is 2.13. The quantitative estimate of drug-likeness (QED) is 0.246. The summed E-state index contributed by atoms with van der Waals surface area (Å²) in [6.07, 6.45) is 0.978. The molecule has 1 aromatic carbocycles. The van der Waals surface area contributed by atoms with Gasteiger partial charge in [-0.25, -0.2) is 22.8 Å². The number of hydrogen-bond acceptors (Lipinski definition) is 10. The maximum atomic E-state index is 13.2. The smallest absolute Gasteiger partial charge is 0.213 e. The summed E-state index contributed by atoms with van der Waals surface area (Å²) in [7, 11) is -0.657. The van der Waals surface area contributed by atoms with E-state index in [1.54, 1.807) is 47.0 Å². The highest BCUT2D eigenvalue weighted by molar-refractivity contribution is 7.89. The van der Waals surface area contributed by atoms with Gasteiger partial charge in [-0.2, -0.15) is 5.10 Å². The van der Waals surface area contributed by atoms with E-state index >= 15 is 0 Å². The fraction of sp³-hybridized carbons (Fsp3) is 0.222. The van der Waals surface area contributed by atoms with Crippen LogP contribution in [0.2, 0.25) is 0 Å². The first-order valence-electron chi connectivity index (χ1n) is 12.2. The van der Waals surface area contributed by atoms with Crippen LogP contribution < -0.4 is 14.2 Å². The van der Waals surface area contributed by atoms with Crippen LogP contribution in [-0.2, 0) is 21.3 Å². The molecule has 5 aromatic rings. The zero-order valence-corrected chi connectivity index (χ0v) is 22.7. The molecule has 0 unspecified atom stereocenters. The maximum Gasteiger partial charge on any atom is 0.213 e. The number of para-hydroxylation sites is 1. The van der Waals surface area contributed by atoms with E-state index in [1.807, 2.05) is 6.92 Å². The van der Waals surface area contributed by atoms with E-state index in [4.69, 9.17) is 19.2 Å². The fourth-order valence-corrected chi connectivity index (χ4v) is 5.52. The Morgan fingerprint density at radius 3 is 2.30 bits per heavy atom. The Kier molecular flexibility index (Phi) is 7.56. The normalized spacial score (nSPS) is 11.5. The number of imidazole rings is 1. The predicted molar refractivity (Wildman–Crippen MR) is 145 cm³/mol. The molecule has 0 fully saturated rings. The van der Waals surface area contributed by atoms with Crippen LogP contribution in [0.4, 0.5) is 4.39 Å². The van der Waals surface area contributed by atoms with Crippen LogP contribution in [0.5, 0.6) is 17.4 Å². The number of aromatic nitrogens is 6. The molecule has 0 saturated heterocycles. The fourth-order valence-electron chi connectivity index (χ4n) is 4.20. The molecule has 0 atom stereocenters. The van der Waals surface area contributed by atoms with Gasteiger partial charge in [0.05, 0.1) is 55.4 Å². The van der Waals surface area contributed by atoms with Crippen LogP contribution in [-0.4, -0.2) is 59.0 Å². The van der Waals surface area contributed by atoms with Gasteiger partial charge in [0, 0.05) is 6.07 Å². The second kappa shape index (κ2) is 11.2. The van der Waals surface area contributed by atoms with Gasteiger partial charge in [-0.05, 0) is 43.3 Å². The van der Waals surface area contributed by atoms with Gasteiger partial charge in [0.1, 0.15) is 28.7 Å². The van der Waals surface area contributed by atoms with Gasteiger partial charge >= 0.3 is 0 Å². The molecule has 0 aliphatic carbocycles. The molecule has 0 radical (unpaired) electrons. The first-order valence-corrected chi connectivity index (χ1v) is 14.0. The third kappa shape index (κ3) is 5.54. The molecule has 40 heavy (non-hydrogen) atoms. The number of hydrogen-bond donors (Lipinski definition) is 0. The number of pyridine rings is 2. The van der Waals surface area contributed by atoms with E-state index in [1.165, 1.54) is 26.4 Å². The minimum Gasteiger partial charge on any atom is -0.494 e. The molecule has 0 saturated carbocycles. The molecule has 0 aliphatic rings. The van der Waals surface area contributed by atoms with Gasteiger partial charge < -0.3 is 14.2 Å². The monoisotopic (exact) mass is 564 g/mol. The van der Waals surface area contributed by atoms with Crippen LogP contribution in [0.25, 0.3) is 28.4 Å². The summed E-state index contributed by atoms with van der Waals surface area (Å²) < 4.78 is 57.8. The lowest BCUT2D eigenvalue weighted by Gasteiger charge is -2.16. The van der Waals surface area contributed by atoms with E-state index in [0.717, 1.165) is 6.20 Å². The van der Waals surface area contributed by atoms with Crippen LogP contribution in [0.1, 0.15) is 18.3 Å². The molecule has 13 heteroatoms. The summed E-state index contributed by atoms with van der Waals surface area (Å²) in [5, 5.41) is 8.36. The predicted octanol–water partition coefficient (Wildman–Crippen LogP) is 3.94. The topological polar surface area (TPSA) is 131 Å². The van der Waals surface area contributed by atoms with Crippen molar-refractivity contribution in [1.29, 1.82) is 0 Å². The van der Waals surface area contributed by atoms with Crippen molar-refractivity contribution in [2.75, 3.05) is 20.8 Å². The van der Waals surface area contributed by atoms with Crippen LogP contribution in [0, 0.1) is 5.82 Å². The summed E-state index contributed by atoms with van der Waals surface area (Å²) in [6.45, 7) is 2.30. The number of nitrogens with zero attached hydrogens (tertiary/aromatic N) is 6. The average molecular weight is 565 g/mol. The van der Waals surface area contributed by atoms with Gasteiger partial charge in [-0.15, -0.1) is 5.10 Å². The molecule has 0 spiro atoms. The summed E-state index contributed by atoms with van der Waals surface area (Å²) >= 11 is 0. The lowest BCUT2D eigenvalue weighted by molar-refractivity contribution is 0.327. The van der Waals surface area contributed by atoms with Crippen molar-refractivity contribution in [2.45, 2.75) is 18.4 Å². The van der Waals surface area contributed by atoms with Gasteiger partial charge in [-0.3, -0.25) is 9.55 Å². The van der Waals surface area contributed by atoms with Crippen LogP contribution >= 0.6 is 0 Å². The van der Waals surface area contributed by atoms with E-state index in [-0.39, 0.29) is 22.8 Å². The number of ether oxygens (including phenoxy) is 3. The molecule has 5 rings (SSSR count). The van der Waals surface area contributed by atoms with E-state index in [2.05, 4.69) is 20.2 Å². The molecule has 0 amide bonds. The zero-order chi connectivity index (χ0) is 28.3. The molecule has 0 bridgehead atoms. The Bertz CT molecular complexity index is 1750. The van der Waals surface area contributed by atoms with Crippen molar-refractivity contribution in [1.82, 2.24) is 29.7 Å². The molecule has 11 nitrogen and oxygen atoms in total. The number of sulfone groups is 1. The minimum absolute atomic E-state index is 0.187. The van der Waals surface area contributed by atoms with Crippen molar-refractivity contribution >= 4 is 21.0 Å². The lowest BCUT2D eigenvalue weighted by Crippen LogP contribution is -2.11. The first-order chi connectivity index (χ1) is 19.3. The van der Waals surface area contributed by atoms with Gasteiger partial charge in [0.25, 0.3) is 0 Å². The maximum absolute atomic E-state index is 13.2. The van der Waals surface area contributed by atoms with Crippen molar-refractivity contribution < 1.29 is 27.0 Å². The highest BCUT2D eigenvalue weighted by Crippen LogP contribution is 2.38. The third-order valence-corrected chi connectivity index (χ3v) is 7.34. The molecule has 0 N–H and O–H groups in total. The van der Waals surface area contributed by atoms with Crippen LogP contribution in [0.3, 0.4) is 0 Å². The highest BCUT2D eigenvalue weighted by Gasteiger charge is 2.24. The Balaban J connectivity index is 1.66. The molecule has 4 aromatic heterocycles.